The lowest BCUT2D eigenvalue weighted by Gasteiger charge is -2.07. The van der Waals surface area contributed by atoms with E-state index in [-0.39, 0.29) is 5.91 Å². The Hall–Kier alpha value is -3.32. The van der Waals surface area contributed by atoms with Gasteiger partial charge < -0.3 is 19.2 Å². The number of halogens is 1. The van der Waals surface area contributed by atoms with Crippen molar-refractivity contribution in [3.8, 4) is 23.0 Å². The van der Waals surface area contributed by atoms with E-state index >= 15 is 0 Å². The monoisotopic (exact) mass is 480 g/mol. The van der Waals surface area contributed by atoms with Gasteiger partial charge in [0.25, 0.3) is 5.91 Å². The average molecular weight is 481 g/mol. The van der Waals surface area contributed by atoms with E-state index in [0.717, 1.165) is 28.0 Å². The zero-order valence-electron chi connectivity index (χ0n) is 17.1. The minimum Gasteiger partial charge on any atom is -0.496 e. The summed E-state index contributed by atoms with van der Waals surface area (Å²) in [6.07, 6.45) is 0.935. The Balaban J connectivity index is 1.51. The maximum atomic E-state index is 12.6. The molecule has 0 spiro atoms. The lowest BCUT2D eigenvalue weighted by atomic mass is 10.2. The smallest absolute Gasteiger partial charge is 0.255 e. The van der Waals surface area contributed by atoms with Crippen LogP contribution in [0.4, 0.5) is 5.69 Å². The number of fused-ring (bicyclic) bond motifs is 1. The first-order valence-corrected chi connectivity index (χ1v) is 10.7. The van der Waals surface area contributed by atoms with Gasteiger partial charge in [0.1, 0.15) is 17.0 Å². The van der Waals surface area contributed by atoms with Crippen molar-refractivity contribution in [1.29, 1.82) is 0 Å². The number of methoxy groups -OCH3 is 1. The van der Waals surface area contributed by atoms with Gasteiger partial charge in [-0.25, -0.2) is 4.98 Å². The molecule has 4 rings (SSSR count). The number of oxazole rings is 1. The Morgan fingerprint density at radius 2 is 1.90 bits per heavy atom. The van der Waals surface area contributed by atoms with Gasteiger partial charge in [-0.05, 0) is 83.0 Å². The SMILES string of the molecule is CCCOc1ccc(C(=O)Nc2ccc3oc(-c4ccc(OC)c(Br)c4)nc3c2)cc1. The number of carbonyl (C=O) groups excluding carboxylic acids is 1. The third kappa shape index (κ3) is 4.72. The van der Waals surface area contributed by atoms with Crippen molar-refractivity contribution in [1.82, 2.24) is 4.98 Å². The Kier molecular flexibility index (Phi) is 6.23. The van der Waals surface area contributed by atoms with Gasteiger partial charge in [-0.15, -0.1) is 0 Å². The van der Waals surface area contributed by atoms with Crippen molar-refractivity contribution in [3.05, 3.63) is 70.7 Å². The zero-order chi connectivity index (χ0) is 21.8. The molecule has 1 aromatic heterocycles. The van der Waals surface area contributed by atoms with E-state index in [0.29, 0.717) is 34.8 Å². The summed E-state index contributed by atoms with van der Waals surface area (Å²) in [5.74, 6) is 1.77. The van der Waals surface area contributed by atoms with Crippen molar-refractivity contribution in [2.45, 2.75) is 13.3 Å². The predicted octanol–water partition coefficient (Wildman–Crippen LogP) is 6.31. The fraction of sp³-hybridized carbons (Fsp3) is 0.167. The van der Waals surface area contributed by atoms with Crippen molar-refractivity contribution in [2.24, 2.45) is 0 Å². The van der Waals surface area contributed by atoms with Crippen molar-refractivity contribution < 1.29 is 18.7 Å². The first-order valence-electron chi connectivity index (χ1n) is 9.86. The second kappa shape index (κ2) is 9.22. The molecule has 0 atom stereocenters. The Morgan fingerprint density at radius 3 is 2.61 bits per heavy atom. The van der Waals surface area contributed by atoms with Gasteiger partial charge in [-0.2, -0.15) is 0 Å². The summed E-state index contributed by atoms with van der Waals surface area (Å²) in [7, 11) is 1.61. The van der Waals surface area contributed by atoms with E-state index in [9.17, 15) is 4.79 Å². The summed E-state index contributed by atoms with van der Waals surface area (Å²) in [5.41, 5.74) is 3.30. The van der Waals surface area contributed by atoms with Crippen LogP contribution >= 0.6 is 15.9 Å². The molecule has 158 valence electrons. The minimum atomic E-state index is -0.204. The van der Waals surface area contributed by atoms with Crippen LogP contribution in [-0.2, 0) is 0 Å². The fourth-order valence-corrected chi connectivity index (χ4v) is 3.59. The van der Waals surface area contributed by atoms with Gasteiger partial charge in [0.05, 0.1) is 18.2 Å². The first-order chi connectivity index (χ1) is 15.1. The highest BCUT2D eigenvalue weighted by Crippen LogP contribution is 2.32. The second-order valence-corrected chi connectivity index (χ2v) is 7.73. The number of ether oxygens (including phenoxy) is 2. The summed E-state index contributed by atoms with van der Waals surface area (Å²) < 4.78 is 17.5. The molecule has 7 heteroatoms. The third-order valence-electron chi connectivity index (χ3n) is 4.63. The predicted molar refractivity (Wildman–Crippen MR) is 124 cm³/mol. The molecule has 0 bridgehead atoms. The van der Waals surface area contributed by atoms with Crippen LogP contribution in [0.5, 0.6) is 11.5 Å². The number of benzene rings is 3. The lowest BCUT2D eigenvalue weighted by molar-refractivity contribution is 0.102. The number of amides is 1. The topological polar surface area (TPSA) is 73.6 Å². The molecular weight excluding hydrogens is 460 g/mol. The van der Waals surface area contributed by atoms with Gasteiger partial charge in [0.15, 0.2) is 5.58 Å². The van der Waals surface area contributed by atoms with E-state index in [1.54, 1.807) is 49.6 Å². The van der Waals surface area contributed by atoms with E-state index in [1.807, 2.05) is 25.1 Å². The molecule has 0 saturated heterocycles. The van der Waals surface area contributed by atoms with E-state index in [2.05, 4.69) is 26.2 Å². The van der Waals surface area contributed by atoms with Crippen LogP contribution in [0.2, 0.25) is 0 Å². The molecule has 0 unspecified atom stereocenters. The first kappa shape index (κ1) is 20.9. The van der Waals surface area contributed by atoms with Crippen LogP contribution in [0.1, 0.15) is 23.7 Å². The lowest BCUT2D eigenvalue weighted by Crippen LogP contribution is -2.11. The van der Waals surface area contributed by atoms with Gasteiger partial charge in [0, 0.05) is 16.8 Å². The Morgan fingerprint density at radius 1 is 1.10 bits per heavy atom. The zero-order valence-corrected chi connectivity index (χ0v) is 18.7. The highest BCUT2D eigenvalue weighted by molar-refractivity contribution is 9.10. The van der Waals surface area contributed by atoms with Crippen molar-refractivity contribution >= 4 is 38.6 Å². The normalized spacial score (nSPS) is 10.8. The maximum absolute atomic E-state index is 12.6. The molecule has 31 heavy (non-hydrogen) atoms. The molecule has 6 nitrogen and oxygen atoms in total. The standard InChI is InChI=1S/C24H21BrN2O4/c1-3-12-30-18-8-4-15(5-9-18)23(28)26-17-7-11-22-20(14-17)27-24(31-22)16-6-10-21(29-2)19(25)13-16/h4-11,13-14H,3,12H2,1-2H3,(H,26,28). The van der Waals surface area contributed by atoms with Gasteiger partial charge in [-0.1, -0.05) is 6.92 Å². The van der Waals surface area contributed by atoms with Gasteiger partial charge in [0.2, 0.25) is 5.89 Å². The molecule has 0 radical (unpaired) electrons. The molecule has 1 N–H and O–H groups in total. The Bertz CT molecular complexity index is 1220. The largest absolute Gasteiger partial charge is 0.496 e. The number of anilines is 1. The van der Waals surface area contributed by atoms with Crippen LogP contribution in [0.15, 0.2) is 69.6 Å². The number of carbonyl (C=O) groups is 1. The average Bonchev–Trinajstić information content (AvgIpc) is 3.21. The molecule has 3 aromatic carbocycles. The number of hydrogen-bond acceptors (Lipinski definition) is 5. The summed E-state index contributed by atoms with van der Waals surface area (Å²) in [5, 5.41) is 2.90. The molecule has 1 heterocycles. The van der Waals surface area contributed by atoms with Crippen LogP contribution in [-0.4, -0.2) is 24.6 Å². The summed E-state index contributed by atoms with van der Waals surface area (Å²) >= 11 is 3.48. The number of rotatable bonds is 7. The molecule has 4 aromatic rings. The minimum absolute atomic E-state index is 0.204. The summed E-state index contributed by atoms with van der Waals surface area (Å²) in [6, 6.07) is 18.1. The number of nitrogens with zero attached hydrogens (tertiary/aromatic N) is 1. The molecule has 0 aliphatic rings. The maximum Gasteiger partial charge on any atom is 0.255 e. The molecular formula is C24H21BrN2O4. The number of aromatic nitrogens is 1. The van der Waals surface area contributed by atoms with Crippen LogP contribution < -0.4 is 14.8 Å². The van der Waals surface area contributed by atoms with Gasteiger partial charge >= 0.3 is 0 Å². The molecule has 0 fully saturated rings. The van der Waals surface area contributed by atoms with Crippen molar-refractivity contribution in [2.75, 3.05) is 19.0 Å². The highest BCUT2D eigenvalue weighted by Gasteiger charge is 2.12. The van der Waals surface area contributed by atoms with E-state index < -0.39 is 0 Å². The fourth-order valence-electron chi connectivity index (χ4n) is 3.05. The van der Waals surface area contributed by atoms with Gasteiger partial charge in [-0.3, -0.25) is 4.79 Å². The molecule has 0 aliphatic carbocycles. The molecule has 0 aliphatic heterocycles. The molecule has 0 saturated carbocycles. The highest BCUT2D eigenvalue weighted by atomic mass is 79.9. The van der Waals surface area contributed by atoms with E-state index in [1.165, 1.54) is 0 Å². The van der Waals surface area contributed by atoms with Crippen LogP contribution in [0, 0.1) is 0 Å². The Labute approximate surface area is 188 Å². The summed E-state index contributed by atoms with van der Waals surface area (Å²) in [6.45, 7) is 2.70. The quantitative estimate of drug-likeness (QED) is 0.335. The van der Waals surface area contributed by atoms with E-state index in [4.69, 9.17) is 13.9 Å². The third-order valence-corrected chi connectivity index (χ3v) is 5.25. The number of nitrogens with one attached hydrogen (secondary N) is 1. The summed E-state index contributed by atoms with van der Waals surface area (Å²) in [4.78, 5) is 17.2. The second-order valence-electron chi connectivity index (χ2n) is 6.88. The van der Waals surface area contributed by atoms with Crippen LogP contribution in [0.3, 0.4) is 0 Å². The van der Waals surface area contributed by atoms with Crippen LogP contribution in [0.25, 0.3) is 22.6 Å². The van der Waals surface area contributed by atoms with Crippen molar-refractivity contribution in [3.63, 3.8) is 0 Å². The number of hydrogen-bond donors (Lipinski definition) is 1. The molecule has 1 amide bonds.